The van der Waals surface area contributed by atoms with E-state index in [1.54, 1.807) is 0 Å². The quantitative estimate of drug-likeness (QED) is 0.352. The number of rotatable bonds is 2. The van der Waals surface area contributed by atoms with Crippen LogP contribution in [-0.4, -0.2) is 12.2 Å². The SMILES string of the molecule is CN/C(O)=C/N=N. The predicted molar refractivity (Wildman–Crippen MR) is 24.9 cm³/mol. The standard InChI is InChI=1S/C3H7N3O/c1-5-3(7)2-6-4/h2,4-5,7H,1H3/b3-2-,6-4?. The third-order valence-electron chi connectivity index (χ3n) is 0.443. The van der Waals surface area contributed by atoms with Crippen LogP contribution in [0.3, 0.4) is 0 Å². The Bertz CT molecular complexity index is 88.2. The molecule has 0 atom stereocenters. The summed E-state index contributed by atoms with van der Waals surface area (Å²) >= 11 is 0. The highest BCUT2D eigenvalue weighted by molar-refractivity contribution is 4.82. The van der Waals surface area contributed by atoms with Crippen molar-refractivity contribution in [2.45, 2.75) is 0 Å². The molecule has 4 nitrogen and oxygen atoms in total. The van der Waals surface area contributed by atoms with E-state index in [4.69, 9.17) is 10.6 Å². The summed E-state index contributed by atoms with van der Waals surface area (Å²) in [5.74, 6) is -0.102. The van der Waals surface area contributed by atoms with Crippen molar-refractivity contribution in [3.05, 3.63) is 12.1 Å². The molecule has 40 valence electrons. The van der Waals surface area contributed by atoms with E-state index in [0.717, 1.165) is 6.20 Å². The molecule has 0 spiro atoms. The Kier molecular flexibility index (Phi) is 2.67. The average Bonchev–Trinajstić information content (AvgIpc) is 1.68. The molecule has 0 heterocycles. The molecule has 0 radical (unpaired) electrons. The second-order valence-electron chi connectivity index (χ2n) is 0.893. The molecule has 0 saturated carbocycles. The van der Waals surface area contributed by atoms with Gasteiger partial charge in [0, 0.05) is 7.05 Å². The molecule has 0 unspecified atom stereocenters. The van der Waals surface area contributed by atoms with Crippen molar-refractivity contribution in [1.82, 2.24) is 5.32 Å². The Morgan fingerprint density at radius 2 is 2.57 bits per heavy atom. The van der Waals surface area contributed by atoms with E-state index in [1.807, 2.05) is 0 Å². The van der Waals surface area contributed by atoms with Crippen LogP contribution in [0.25, 0.3) is 0 Å². The first kappa shape index (κ1) is 5.94. The van der Waals surface area contributed by atoms with Crippen LogP contribution in [0.1, 0.15) is 0 Å². The Morgan fingerprint density at radius 3 is 2.71 bits per heavy atom. The molecule has 0 saturated heterocycles. The van der Waals surface area contributed by atoms with Crippen molar-refractivity contribution in [2.24, 2.45) is 5.11 Å². The largest absolute Gasteiger partial charge is 0.494 e. The minimum atomic E-state index is -0.102. The van der Waals surface area contributed by atoms with Crippen molar-refractivity contribution in [1.29, 1.82) is 5.53 Å². The van der Waals surface area contributed by atoms with Gasteiger partial charge in [-0.05, 0) is 0 Å². The van der Waals surface area contributed by atoms with Gasteiger partial charge in [-0.3, -0.25) is 0 Å². The maximum Gasteiger partial charge on any atom is 0.204 e. The fourth-order valence-electron chi connectivity index (χ4n) is 0.126. The van der Waals surface area contributed by atoms with E-state index >= 15 is 0 Å². The molecule has 3 N–H and O–H groups in total. The summed E-state index contributed by atoms with van der Waals surface area (Å²) in [5.41, 5.74) is 6.18. The highest BCUT2D eigenvalue weighted by Gasteiger charge is 1.77. The zero-order valence-corrected chi connectivity index (χ0v) is 3.97. The van der Waals surface area contributed by atoms with Gasteiger partial charge in [0.15, 0.2) is 0 Å². The number of hydrogen-bond donors (Lipinski definition) is 3. The first-order valence-corrected chi connectivity index (χ1v) is 1.74. The fourth-order valence-corrected chi connectivity index (χ4v) is 0.126. The van der Waals surface area contributed by atoms with Gasteiger partial charge in [-0.1, -0.05) is 0 Å². The lowest BCUT2D eigenvalue weighted by Crippen LogP contribution is -2.02. The van der Waals surface area contributed by atoms with Crippen molar-refractivity contribution in [3.8, 4) is 0 Å². The van der Waals surface area contributed by atoms with Crippen molar-refractivity contribution in [3.63, 3.8) is 0 Å². The van der Waals surface area contributed by atoms with E-state index in [2.05, 4.69) is 10.4 Å². The van der Waals surface area contributed by atoms with Crippen molar-refractivity contribution < 1.29 is 5.11 Å². The molecule has 0 bridgehead atoms. The van der Waals surface area contributed by atoms with Crippen LogP contribution in [0.5, 0.6) is 0 Å². The average molecular weight is 101 g/mol. The lowest BCUT2D eigenvalue weighted by atomic mass is 10.8. The number of aliphatic hydroxyl groups excluding tert-OH is 1. The van der Waals surface area contributed by atoms with E-state index in [9.17, 15) is 0 Å². The summed E-state index contributed by atoms with van der Waals surface area (Å²) in [7, 11) is 1.54. The topological polar surface area (TPSA) is 68.5 Å². The smallest absolute Gasteiger partial charge is 0.204 e. The molecule has 0 aliphatic carbocycles. The van der Waals surface area contributed by atoms with Crippen LogP contribution in [0, 0.1) is 5.53 Å². The lowest BCUT2D eigenvalue weighted by molar-refractivity contribution is 0.374. The van der Waals surface area contributed by atoms with Crippen molar-refractivity contribution >= 4 is 0 Å². The third kappa shape index (κ3) is 2.75. The van der Waals surface area contributed by atoms with Gasteiger partial charge in [0.25, 0.3) is 0 Å². The predicted octanol–water partition coefficient (Wildman–Crippen LogP) is 0.594. The van der Waals surface area contributed by atoms with E-state index in [0.29, 0.717) is 0 Å². The number of nitrogens with zero attached hydrogens (tertiary/aromatic N) is 1. The van der Waals surface area contributed by atoms with Gasteiger partial charge >= 0.3 is 0 Å². The zero-order valence-electron chi connectivity index (χ0n) is 3.97. The Labute approximate surface area is 41.4 Å². The fraction of sp³-hybridized carbons (Fsp3) is 0.333. The maximum atomic E-state index is 8.39. The Morgan fingerprint density at radius 1 is 2.00 bits per heavy atom. The number of nitrogens with one attached hydrogen (secondary N) is 2. The Balaban J connectivity index is 3.49. The van der Waals surface area contributed by atoms with Crippen LogP contribution < -0.4 is 5.32 Å². The summed E-state index contributed by atoms with van der Waals surface area (Å²) in [6.45, 7) is 0. The third-order valence-corrected chi connectivity index (χ3v) is 0.443. The molecule has 0 aromatic carbocycles. The first-order valence-electron chi connectivity index (χ1n) is 1.74. The molecule has 0 aliphatic heterocycles. The molecular formula is C3H7N3O. The highest BCUT2D eigenvalue weighted by Crippen LogP contribution is 1.76. The van der Waals surface area contributed by atoms with Gasteiger partial charge in [-0.2, -0.15) is 5.11 Å². The molecule has 0 amide bonds. The van der Waals surface area contributed by atoms with Gasteiger partial charge in [-0.25, -0.2) is 5.53 Å². The number of hydrogen-bond acceptors (Lipinski definition) is 4. The molecule has 0 fully saturated rings. The van der Waals surface area contributed by atoms with Gasteiger partial charge in [0.2, 0.25) is 5.88 Å². The number of aliphatic hydroxyl groups is 1. The normalized spacial score (nSPS) is 10.7. The summed E-state index contributed by atoms with van der Waals surface area (Å²) < 4.78 is 0. The van der Waals surface area contributed by atoms with Gasteiger partial charge in [-0.15, -0.1) is 0 Å². The van der Waals surface area contributed by atoms with Gasteiger partial charge in [0.1, 0.15) is 6.20 Å². The lowest BCUT2D eigenvalue weighted by Gasteiger charge is -1.89. The molecule has 0 aliphatic rings. The van der Waals surface area contributed by atoms with E-state index < -0.39 is 0 Å². The zero-order chi connectivity index (χ0) is 5.70. The summed E-state index contributed by atoms with van der Waals surface area (Å²) in [4.78, 5) is 0. The second kappa shape index (κ2) is 3.14. The molecule has 4 heteroatoms. The highest BCUT2D eigenvalue weighted by atomic mass is 16.3. The van der Waals surface area contributed by atoms with Crippen LogP contribution in [-0.2, 0) is 0 Å². The summed E-state index contributed by atoms with van der Waals surface area (Å²) in [6.07, 6.45) is 1.00. The van der Waals surface area contributed by atoms with Crippen LogP contribution in [0.2, 0.25) is 0 Å². The van der Waals surface area contributed by atoms with E-state index in [1.165, 1.54) is 7.05 Å². The minimum Gasteiger partial charge on any atom is -0.494 e. The van der Waals surface area contributed by atoms with E-state index in [-0.39, 0.29) is 5.88 Å². The maximum absolute atomic E-state index is 8.39. The van der Waals surface area contributed by atoms with Crippen LogP contribution in [0.15, 0.2) is 17.2 Å². The minimum absolute atomic E-state index is 0.102. The molecule has 7 heavy (non-hydrogen) atoms. The summed E-state index contributed by atoms with van der Waals surface area (Å²) in [6, 6.07) is 0. The van der Waals surface area contributed by atoms with Crippen LogP contribution >= 0.6 is 0 Å². The van der Waals surface area contributed by atoms with Gasteiger partial charge < -0.3 is 10.4 Å². The molecule has 0 aromatic rings. The summed E-state index contributed by atoms with van der Waals surface area (Å²) in [5, 5.41) is 13.5. The second-order valence-corrected chi connectivity index (χ2v) is 0.893. The molecule has 0 rings (SSSR count). The Hall–Kier alpha value is -1.06. The monoisotopic (exact) mass is 101 g/mol. The molecule has 0 aromatic heterocycles. The van der Waals surface area contributed by atoms with Gasteiger partial charge in [0.05, 0.1) is 0 Å². The first-order chi connectivity index (χ1) is 3.31. The van der Waals surface area contributed by atoms with Crippen LogP contribution in [0.4, 0.5) is 0 Å². The molecular weight excluding hydrogens is 94.1 g/mol. The van der Waals surface area contributed by atoms with Crippen molar-refractivity contribution in [2.75, 3.05) is 7.05 Å².